The Morgan fingerprint density at radius 1 is 1.00 bits per heavy atom. The highest BCUT2D eigenvalue weighted by atomic mass is 32.1. The van der Waals surface area contributed by atoms with Crippen LogP contribution in [-0.2, 0) is 0 Å². The second kappa shape index (κ2) is 4.01. The van der Waals surface area contributed by atoms with Gasteiger partial charge in [0.2, 0.25) is 0 Å². The largest absolute Gasteiger partial charge is 0.0801 e. The van der Waals surface area contributed by atoms with Crippen LogP contribution in [-0.4, -0.2) is 4.86 Å². The topological polar surface area (TPSA) is 0 Å². The van der Waals surface area contributed by atoms with E-state index in [1.165, 1.54) is 33.0 Å². The minimum atomic E-state index is 0.982. The molecule has 0 amide bonds. The maximum atomic E-state index is 5.68. The Morgan fingerprint density at radius 2 is 1.79 bits per heavy atom. The van der Waals surface area contributed by atoms with E-state index in [2.05, 4.69) is 60.7 Å². The molecule has 0 bridgehead atoms. The van der Waals surface area contributed by atoms with E-state index in [1.807, 2.05) is 0 Å². The lowest BCUT2D eigenvalue weighted by Gasteiger charge is -2.21. The second-order valence-electron chi connectivity index (χ2n) is 4.97. The van der Waals surface area contributed by atoms with Crippen molar-refractivity contribution in [1.82, 2.24) is 0 Å². The minimum absolute atomic E-state index is 0.982. The molecule has 90 valence electrons. The van der Waals surface area contributed by atoms with Gasteiger partial charge < -0.3 is 0 Å². The zero-order valence-electron chi connectivity index (χ0n) is 10.4. The first-order valence-electron chi connectivity index (χ1n) is 6.49. The van der Waals surface area contributed by atoms with Gasteiger partial charge in [-0.3, -0.25) is 0 Å². The molecule has 4 rings (SSSR count). The lowest BCUT2D eigenvalue weighted by atomic mass is 9.84. The van der Waals surface area contributed by atoms with Crippen LogP contribution in [0.4, 0.5) is 0 Å². The normalized spacial score (nSPS) is 16.7. The Kier molecular flexibility index (Phi) is 2.30. The summed E-state index contributed by atoms with van der Waals surface area (Å²) in [4.78, 5) is 0.989. The molecule has 0 spiro atoms. The molecular formula is C18H12S. The van der Waals surface area contributed by atoms with Crippen LogP contribution in [0.2, 0.25) is 0 Å². The molecule has 0 heterocycles. The summed E-state index contributed by atoms with van der Waals surface area (Å²) in [5.41, 5.74) is 4.90. The number of fused-ring (bicyclic) bond motifs is 3. The molecule has 0 saturated carbocycles. The Labute approximate surface area is 117 Å². The average Bonchev–Trinajstić information content (AvgIpc) is 2.46. The Hall–Kier alpha value is -1.99. The molecule has 0 fully saturated rings. The van der Waals surface area contributed by atoms with E-state index in [0.29, 0.717) is 0 Å². The molecule has 0 nitrogen and oxygen atoms in total. The molecule has 2 aromatic rings. The second-order valence-corrected chi connectivity index (χ2v) is 5.38. The van der Waals surface area contributed by atoms with Gasteiger partial charge in [0.1, 0.15) is 0 Å². The monoisotopic (exact) mass is 260 g/mol. The summed E-state index contributed by atoms with van der Waals surface area (Å²) in [5, 5.41) is 2.53. The third kappa shape index (κ3) is 1.62. The van der Waals surface area contributed by atoms with E-state index in [0.717, 1.165) is 11.3 Å². The maximum absolute atomic E-state index is 5.68. The van der Waals surface area contributed by atoms with Crippen LogP contribution in [0.1, 0.15) is 17.5 Å². The number of allylic oxidation sites excluding steroid dienone is 5. The highest BCUT2D eigenvalue weighted by Gasteiger charge is 2.20. The van der Waals surface area contributed by atoms with Crippen molar-refractivity contribution in [3.05, 3.63) is 76.9 Å². The summed E-state index contributed by atoms with van der Waals surface area (Å²) < 4.78 is 0. The van der Waals surface area contributed by atoms with Crippen molar-refractivity contribution in [1.29, 1.82) is 0 Å². The first kappa shape index (κ1) is 10.9. The standard InChI is InChI=1S/C18H12S/c19-18-16-8-4-3-7-14(16)10-15-9-12-5-1-2-6-13(12)11-17(15)18/h1-3,5-11H,4H2. The molecule has 0 unspecified atom stereocenters. The molecule has 2 aromatic carbocycles. The zero-order valence-corrected chi connectivity index (χ0v) is 11.2. The predicted octanol–water partition coefficient (Wildman–Crippen LogP) is 4.84. The van der Waals surface area contributed by atoms with Crippen molar-refractivity contribution in [3.63, 3.8) is 0 Å². The predicted molar refractivity (Wildman–Crippen MR) is 85.5 cm³/mol. The molecule has 0 aliphatic heterocycles. The molecule has 1 heteroatoms. The van der Waals surface area contributed by atoms with Crippen molar-refractivity contribution in [2.75, 3.05) is 0 Å². The van der Waals surface area contributed by atoms with Gasteiger partial charge in [-0.05, 0) is 52.1 Å². The van der Waals surface area contributed by atoms with E-state index >= 15 is 0 Å². The average molecular weight is 260 g/mol. The lowest BCUT2D eigenvalue weighted by Crippen LogP contribution is -2.11. The Bertz CT molecular complexity index is 804. The third-order valence-electron chi connectivity index (χ3n) is 3.78. The summed E-state index contributed by atoms with van der Waals surface area (Å²) in [6.45, 7) is 0. The number of thiocarbonyl (C=S) groups is 1. The van der Waals surface area contributed by atoms with E-state index in [4.69, 9.17) is 12.2 Å². The fourth-order valence-electron chi connectivity index (χ4n) is 2.82. The van der Waals surface area contributed by atoms with Gasteiger partial charge in [0.15, 0.2) is 0 Å². The summed E-state index contributed by atoms with van der Waals surface area (Å²) in [6, 6.07) is 12.9. The summed E-state index contributed by atoms with van der Waals surface area (Å²) >= 11 is 5.68. The highest BCUT2D eigenvalue weighted by molar-refractivity contribution is 7.81. The molecule has 19 heavy (non-hydrogen) atoms. The van der Waals surface area contributed by atoms with Crippen LogP contribution in [0.5, 0.6) is 0 Å². The SMILES string of the molecule is S=C1C2=CCC=CC2=Cc2cc3ccccc3cc21. The number of benzene rings is 2. The summed E-state index contributed by atoms with van der Waals surface area (Å²) in [6.07, 6.45) is 9.82. The van der Waals surface area contributed by atoms with Crippen LogP contribution in [0, 0.1) is 0 Å². The first-order chi connectivity index (χ1) is 9.33. The van der Waals surface area contributed by atoms with Crippen LogP contribution >= 0.6 is 12.2 Å². The molecule has 0 N–H and O–H groups in total. The van der Waals surface area contributed by atoms with Gasteiger partial charge >= 0.3 is 0 Å². The smallest absolute Gasteiger partial charge is 0.0531 e. The molecule has 2 aliphatic carbocycles. The van der Waals surface area contributed by atoms with Gasteiger partial charge in [-0.15, -0.1) is 0 Å². The van der Waals surface area contributed by atoms with Crippen molar-refractivity contribution in [2.24, 2.45) is 0 Å². The van der Waals surface area contributed by atoms with E-state index in [1.54, 1.807) is 0 Å². The first-order valence-corrected chi connectivity index (χ1v) is 6.90. The van der Waals surface area contributed by atoms with E-state index in [9.17, 15) is 0 Å². The molecule has 0 saturated heterocycles. The minimum Gasteiger partial charge on any atom is -0.0801 e. The molecule has 0 aromatic heterocycles. The number of hydrogen-bond donors (Lipinski definition) is 0. The molecule has 2 aliphatic rings. The Morgan fingerprint density at radius 3 is 2.63 bits per heavy atom. The fraction of sp³-hybridized carbons (Fsp3) is 0.0556. The van der Waals surface area contributed by atoms with Gasteiger partial charge in [-0.25, -0.2) is 0 Å². The van der Waals surface area contributed by atoms with Crippen molar-refractivity contribution < 1.29 is 0 Å². The van der Waals surface area contributed by atoms with Crippen molar-refractivity contribution >= 4 is 33.9 Å². The van der Waals surface area contributed by atoms with Gasteiger partial charge in [0.25, 0.3) is 0 Å². The van der Waals surface area contributed by atoms with Crippen molar-refractivity contribution in [3.8, 4) is 0 Å². The summed E-state index contributed by atoms with van der Waals surface area (Å²) in [7, 11) is 0. The maximum Gasteiger partial charge on any atom is 0.0531 e. The van der Waals surface area contributed by atoms with Crippen molar-refractivity contribution in [2.45, 2.75) is 6.42 Å². The highest BCUT2D eigenvalue weighted by Crippen LogP contribution is 2.34. The summed E-state index contributed by atoms with van der Waals surface area (Å²) in [5.74, 6) is 0. The van der Waals surface area contributed by atoms with Gasteiger partial charge in [0.05, 0.1) is 4.86 Å². The zero-order chi connectivity index (χ0) is 12.8. The molecule has 0 radical (unpaired) electrons. The Balaban J connectivity index is 2.04. The number of hydrogen-bond acceptors (Lipinski definition) is 1. The number of rotatable bonds is 0. The molecule has 0 atom stereocenters. The molecular weight excluding hydrogens is 248 g/mol. The quantitative estimate of drug-likeness (QED) is 0.611. The van der Waals surface area contributed by atoms with E-state index < -0.39 is 0 Å². The fourth-order valence-corrected chi connectivity index (χ4v) is 3.20. The van der Waals surface area contributed by atoms with Crippen LogP contribution in [0.25, 0.3) is 16.8 Å². The van der Waals surface area contributed by atoms with Crippen LogP contribution in [0.15, 0.2) is 65.8 Å². The van der Waals surface area contributed by atoms with E-state index in [-0.39, 0.29) is 0 Å². The van der Waals surface area contributed by atoms with Gasteiger partial charge in [-0.2, -0.15) is 0 Å². The van der Waals surface area contributed by atoms with Gasteiger partial charge in [-0.1, -0.05) is 54.7 Å². The lowest BCUT2D eigenvalue weighted by molar-refractivity contribution is 1.31. The third-order valence-corrected chi connectivity index (χ3v) is 4.22. The van der Waals surface area contributed by atoms with Crippen LogP contribution < -0.4 is 0 Å². The van der Waals surface area contributed by atoms with Crippen LogP contribution in [0.3, 0.4) is 0 Å². The van der Waals surface area contributed by atoms with Gasteiger partial charge in [0, 0.05) is 5.56 Å².